The Hall–Kier alpha value is -2.84. The molecule has 1 N–H and O–H groups in total. The van der Waals surface area contributed by atoms with E-state index in [0.29, 0.717) is 17.5 Å². The molecule has 5 rings (SSSR count). The lowest BCUT2D eigenvalue weighted by Gasteiger charge is -2.41. The van der Waals surface area contributed by atoms with Gasteiger partial charge in [0.2, 0.25) is 11.8 Å². The van der Waals surface area contributed by atoms with E-state index >= 15 is 0 Å². The zero-order valence-electron chi connectivity index (χ0n) is 20.1. The van der Waals surface area contributed by atoms with Crippen molar-refractivity contribution in [2.45, 2.75) is 49.8 Å². The molecule has 3 aromatic rings. The van der Waals surface area contributed by atoms with Gasteiger partial charge in [-0.3, -0.25) is 9.69 Å². The lowest BCUT2D eigenvalue weighted by atomic mass is 9.94. The summed E-state index contributed by atoms with van der Waals surface area (Å²) in [5, 5.41) is 11.5. The third kappa shape index (κ3) is 6.64. The number of amides is 1. The summed E-state index contributed by atoms with van der Waals surface area (Å²) < 4.78 is 5.67. The van der Waals surface area contributed by atoms with Crippen molar-refractivity contribution in [2.75, 3.05) is 42.1 Å². The van der Waals surface area contributed by atoms with Gasteiger partial charge < -0.3 is 14.6 Å². The fraction of sp³-hybridized carbons (Fsp3) is 0.444. The third-order valence-corrected chi connectivity index (χ3v) is 7.71. The van der Waals surface area contributed by atoms with Crippen molar-refractivity contribution in [1.29, 1.82) is 0 Å². The Bertz CT molecular complexity index is 1070. The lowest BCUT2D eigenvalue weighted by Crippen LogP contribution is -2.50. The number of hydrogen-bond acceptors (Lipinski definition) is 7. The number of thioether (sulfide) groups is 1. The Morgan fingerprint density at radius 2 is 1.69 bits per heavy atom. The van der Waals surface area contributed by atoms with Gasteiger partial charge in [-0.2, -0.15) is 0 Å². The maximum Gasteiger partial charge on any atom is 0.277 e. The maximum absolute atomic E-state index is 12.4. The number of carbonyl (C=O) groups is 1. The van der Waals surface area contributed by atoms with Gasteiger partial charge in [-0.1, -0.05) is 61.4 Å². The molecule has 7 nitrogen and oxygen atoms in total. The molecule has 35 heavy (non-hydrogen) atoms. The van der Waals surface area contributed by atoms with Crippen molar-refractivity contribution in [3.63, 3.8) is 0 Å². The van der Waals surface area contributed by atoms with Crippen LogP contribution in [-0.2, 0) is 11.2 Å². The van der Waals surface area contributed by atoms with Gasteiger partial charge in [-0.25, -0.2) is 0 Å². The molecule has 0 radical (unpaired) electrons. The number of nitrogens with zero attached hydrogens (tertiary/aromatic N) is 4. The minimum atomic E-state index is -0.0911. The predicted molar refractivity (Wildman–Crippen MR) is 140 cm³/mol. The van der Waals surface area contributed by atoms with E-state index in [1.165, 1.54) is 49.6 Å². The van der Waals surface area contributed by atoms with Crippen LogP contribution < -0.4 is 10.2 Å². The number of hydrogen-bond donors (Lipinski definition) is 1. The molecule has 184 valence electrons. The Morgan fingerprint density at radius 1 is 0.943 bits per heavy atom. The molecule has 1 saturated heterocycles. The second-order valence-corrected chi connectivity index (χ2v) is 10.2. The van der Waals surface area contributed by atoms with Crippen LogP contribution in [0.1, 0.15) is 43.6 Å². The van der Waals surface area contributed by atoms with Gasteiger partial charge >= 0.3 is 0 Å². The highest BCUT2D eigenvalue weighted by atomic mass is 32.2. The normalized spacial score (nSPS) is 17.4. The van der Waals surface area contributed by atoms with Gasteiger partial charge in [0.1, 0.15) is 0 Å². The van der Waals surface area contributed by atoms with Crippen molar-refractivity contribution in [1.82, 2.24) is 15.1 Å². The Kier molecular flexibility index (Phi) is 8.00. The summed E-state index contributed by atoms with van der Waals surface area (Å²) in [6.45, 7) is 4.41. The minimum Gasteiger partial charge on any atom is -0.416 e. The molecule has 1 saturated carbocycles. The number of benzene rings is 2. The van der Waals surface area contributed by atoms with E-state index in [2.05, 4.69) is 37.4 Å². The van der Waals surface area contributed by atoms with Gasteiger partial charge in [0.25, 0.3) is 5.22 Å². The number of aromatic nitrogens is 2. The van der Waals surface area contributed by atoms with E-state index in [-0.39, 0.29) is 11.7 Å². The quantitative estimate of drug-likeness (QED) is 0.452. The number of carbonyl (C=O) groups excluding carboxylic acids is 1. The molecule has 2 aromatic carbocycles. The maximum atomic E-state index is 12.4. The van der Waals surface area contributed by atoms with Gasteiger partial charge in [-0.15, -0.1) is 10.2 Å². The first-order chi connectivity index (χ1) is 17.2. The first-order valence-electron chi connectivity index (χ1n) is 12.6. The zero-order chi connectivity index (χ0) is 23.9. The molecule has 2 aliphatic rings. The smallest absolute Gasteiger partial charge is 0.277 e. The van der Waals surface area contributed by atoms with Crippen molar-refractivity contribution < 1.29 is 9.21 Å². The summed E-state index contributed by atoms with van der Waals surface area (Å²) >= 11 is 1.25. The van der Waals surface area contributed by atoms with Crippen LogP contribution in [0.3, 0.4) is 0 Å². The summed E-state index contributed by atoms with van der Waals surface area (Å²) in [5.41, 5.74) is 3.13. The van der Waals surface area contributed by atoms with Gasteiger partial charge in [0.15, 0.2) is 0 Å². The summed E-state index contributed by atoms with van der Waals surface area (Å²) in [4.78, 5) is 17.6. The minimum absolute atomic E-state index is 0.0911. The van der Waals surface area contributed by atoms with Crippen molar-refractivity contribution in [3.8, 4) is 0 Å². The first-order valence-corrected chi connectivity index (χ1v) is 13.6. The van der Waals surface area contributed by atoms with Gasteiger partial charge in [0, 0.05) is 43.6 Å². The first kappa shape index (κ1) is 23.9. The van der Waals surface area contributed by atoms with Crippen LogP contribution in [0.5, 0.6) is 0 Å². The molecule has 8 heteroatoms. The Balaban J connectivity index is 1.05. The molecule has 1 amide bonds. The van der Waals surface area contributed by atoms with E-state index in [0.717, 1.165) is 43.5 Å². The SMILES string of the molecule is O=C(CSc1nnc(Cc2ccccc2)o1)Nc1ccc(N2CCN(C3CCCCC3)CC2)cc1. The van der Waals surface area contributed by atoms with E-state index in [9.17, 15) is 4.79 Å². The standard InChI is InChI=1S/C27H33N5O2S/c33-25(20-35-27-30-29-26(34-27)19-21-7-3-1-4-8-21)28-22-11-13-24(14-12-22)32-17-15-31(16-18-32)23-9-5-2-6-10-23/h1,3-4,7-8,11-14,23H,2,5-6,9-10,15-20H2,(H,28,33). The molecule has 2 heterocycles. The zero-order valence-corrected chi connectivity index (χ0v) is 20.9. The molecule has 2 fully saturated rings. The molecular formula is C27H33N5O2S. The fourth-order valence-electron chi connectivity index (χ4n) is 5.01. The van der Waals surface area contributed by atoms with E-state index in [1.54, 1.807) is 0 Å². The highest BCUT2D eigenvalue weighted by Crippen LogP contribution is 2.26. The van der Waals surface area contributed by atoms with Gasteiger partial charge in [-0.05, 0) is 42.7 Å². The van der Waals surface area contributed by atoms with Crippen LogP contribution in [0.15, 0.2) is 64.2 Å². The van der Waals surface area contributed by atoms with Crippen molar-refractivity contribution in [3.05, 3.63) is 66.1 Å². The molecule has 1 aliphatic heterocycles. The Labute approximate surface area is 211 Å². The number of nitrogens with one attached hydrogen (secondary N) is 1. The topological polar surface area (TPSA) is 74.5 Å². The second-order valence-electron chi connectivity index (χ2n) is 9.32. The average Bonchev–Trinajstić information content (AvgIpc) is 3.36. The molecule has 0 atom stereocenters. The molecule has 1 aromatic heterocycles. The summed E-state index contributed by atoms with van der Waals surface area (Å²) in [6.07, 6.45) is 7.51. The average molecular weight is 492 g/mol. The Morgan fingerprint density at radius 3 is 2.43 bits per heavy atom. The molecule has 1 aliphatic carbocycles. The predicted octanol–water partition coefficient (Wildman–Crippen LogP) is 4.85. The van der Waals surface area contributed by atoms with E-state index < -0.39 is 0 Å². The van der Waals surface area contributed by atoms with Crippen LogP contribution in [0.25, 0.3) is 0 Å². The highest BCUT2D eigenvalue weighted by Gasteiger charge is 2.25. The summed E-state index contributed by atoms with van der Waals surface area (Å²) in [5.74, 6) is 0.679. The number of rotatable bonds is 8. The van der Waals surface area contributed by atoms with Crippen LogP contribution in [-0.4, -0.2) is 59.0 Å². The van der Waals surface area contributed by atoms with Crippen molar-refractivity contribution >= 4 is 29.0 Å². The van der Waals surface area contributed by atoms with Crippen LogP contribution >= 0.6 is 11.8 Å². The van der Waals surface area contributed by atoms with Crippen LogP contribution in [0.4, 0.5) is 11.4 Å². The summed E-state index contributed by atoms with van der Waals surface area (Å²) in [6, 6.07) is 19.0. The largest absolute Gasteiger partial charge is 0.416 e. The molecule has 0 unspecified atom stereocenters. The highest BCUT2D eigenvalue weighted by molar-refractivity contribution is 7.99. The molecule has 0 spiro atoms. The molecule has 0 bridgehead atoms. The van der Waals surface area contributed by atoms with E-state index in [4.69, 9.17) is 4.42 Å². The lowest BCUT2D eigenvalue weighted by molar-refractivity contribution is -0.113. The van der Waals surface area contributed by atoms with Crippen LogP contribution in [0, 0.1) is 0 Å². The second kappa shape index (κ2) is 11.7. The molecular weight excluding hydrogens is 458 g/mol. The van der Waals surface area contributed by atoms with Crippen molar-refractivity contribution in [2.24, 2.45) is 0 Å². The third-order valence-electron chi connectivity index (χ3n) is 6.89. The van der Waals surface area contributed by atoms with E-state index in [1.807, 2.05) is 42.5 Å². The van der Waals surface area contributed by atoms with Gasteiger partial charge in [0.05, 0.1) is 12.2 Å². The number of piperazine rings is 1. The fourth-order valence-corrected chi connectivity index (χ4v) is 5.59. The number of anilines is 2. The van der Waals surface area contributed by atoms with Crippen LogP contribution in [0.2, 0.25) is 0 Å². The summed E-state index contributed by atoms with van der Waals surface area (Å²) in [7, 11) is 0. The monoisotopic (exact) mass is 491 g/mol.